The van der Waals surface area contributed by atoms with Crippen molar-refractivity contribution in [3.63, 3.8) is 0 Å². The molecule has 2 unspecified atom stereocenters. The fourth-order valence-electron chi connectivity index (χ4n) is 2.76. The van der Waals surface area contributed by atoms with Crippen molar-refractivity contribution in [2.45, 2.75) is 32.4 Å². The minimum Gasteiger partial charge on any atom is -0.491 e. The molecule has 0 aromatic heterocycles. The number of hydrogen-bond donors (Lipinski definition) is 2. The Kier molecular flexibility index (Phi) is 5.83. The predicted molar refractivity (Wildman–Crippen MR) is 80.7 cm³/mol. The second-order valence-corrected chi connectivity index (χ2v) is 5.82. The Bertz CT molecular complexity index is 411. The summed E-state index contributed by atoms with van der Waals surface area (Å²) in [4.78, 5) is 2.33. The van der Waals surface area contributed by atoms with Crippen molar-refractivity contribution in [1.29, 1.82) is 0 Å². The monoisotopic (exact) mass is 278 g/mol. The maximum atomic E-state index is 10.1. The zero-order valence-corrected chi connectivity index (χ0v) is 12.3. The lowest BCUT2D eigenvalue weighted by atomic mass is 10.0. The van der Waals surface area contributed by atoms with Gasteiger partial charge >= 0.3 is 0 Å². The van der Waals surface area contributed by atoms with E-state index in [1.807, 2.05) is 24.3 Å². The molecule has 1 saturated heterocycles. The molecule has 1 aliphatic heterocycles. The largest absolute Gasteiger partial charge is 0.491 e. The summed E-state index contributed by atoms with van der Waals surface area (Å²) < 4.78 is 5.65. The zero-order valence-electron chi connectivity index (χ0n) is 12.3. The Morgan fingerprint density at radius 1 is 1.50 bits per heavy atom. The molecule has 0 spiro atoms. The van der Waals surface area contributed by atoms with Gasteiger partial charge in [-0.15, -0.1) is 0 Å². The van der Waals surface area contributed by atoms with Crippen LogP contribution in [0.2, 0.25) is 0 Å². The molecule has 0 amide bonds. The lowest BCUT2D eigenvalue weighted by molar-refractivity contribution is 0.0537. The summed E-state index contributed by atoms with van der Waals surface area (Å²) in [5.41, 5.74) is 6.64. The van der Waals surface area contributed by atoms with Gasteiger partial charge in [0.25, 0.3) is 0 Å². The maximum absolute atomic E-state index is 10.1. The van der Waals surface area contributed by atoms with Crippen LogP contribution in [-0.2, 0) is 6.54 Å². The third-order valence-corrected chi connectivity index (χ3v) is 3.79. The van der Waals surface area contributed by atoms with E-state index >= 15 is 0 Å². The molecule has 2 rings (SSSR count). The lowest BCUT2D eigenvalue weighted by Gasteiger charge is -2.32. The number of hydrogen-bond acceptors (Lipinski definition) is 4. The molecule has 112 valence electrons. The van der Waals surface area contributed by atoms with Crippen molar-refractivity contribution in [1.82, 2.24) is 4.90 Å². The second kappa shape index (κ2) is 7.62. The van der Waals surface area contributed by atoms with Crippen LogP contribution in [0.5, 0.6) is 5.75 Å². The average molecular weight is 278 g/mol. The molecule has 1 fully saturated rings. The van der Waals surface area contributed by atoms with Crippen molar-refractivity contribution < 1.29 is 9.84 Å². The minimum absolute atomic E-state index is 0.332. The van der Waals surface area contributed by atoms with Crippen LogP contribution < -0.4 is 10.5 Å². The third kappa shape index (κ3) is 4.78. The highest BCUT2D eigenvalue weighted by Crippen LogP contribution is 2.16. The zero-order chi connectivity index (χ0) is 14.4. The average Bonchev–Trinajstić information content (AvgIpc) is 2.45. The molecule has 1 aromatic rings. The highest BCUT2D eigenvalue weighted by Gasteiger charge is 2.19. The normalized spacial score (nSPS) is 21.6. The Morgan fingerprint density at radius 2 is 2.35 bits per heavy atom. The standard InChI is InChI=1S/C16H26N2O2/c1-13-4-3-7-18(10-13)11-15(19)12-20-16-6-2-5-14(8-16)9-17/h2,5-6,8,13,15,19H,3-4,7,9-12,17H2,1H3. The van der Waals surface area contributed by atoms with Crippen LogP contribution in [0.4, 0.5) is 0 Å². The first-order valence-corrected chi connectivity index (χ1v) is 7.49. The van der Waals surface area contributed by atoms with Crippen molar-refractivity contribution in [2.24, 2.45) is 11.7 Å². The summed E-state index contributed by atoms with van der Waals surface area (Å²) in [6.45, 7) is 5.97. The van der Waals surface area contributed by atoms with Gasteiger partial charge in [0.05, 0.1) is 0 Å². The number of aliphatic hydroxyl groups is 1. The van der Waals surface area contributed by atoms with Gasteiger partial charge in [0.2, 0.25) is 0 Å². The van der Waals surface area contributed by atoms with Gasteiger partial charge in [-0.05, 0) is 43.0 Å². The molecule has 1 aromatic carbocycles. The topological polar surface area (TPSA) is 58.7 Å². The molecule has 0 aliphatic carbocycles. The molecule has 4 nitrogen and oxygen atoms in total. The molecule has 0 radical (unpaired) electrons. The van der Waals surface area contributed by atoms with Crippen molar-refractivity contribution in [2.75, 3.05) is 26.2 Å². The predicted octanol–water partition coefficient (Wildman–Crippen LogP) is 1.62. The minimum atomic E-state index is -0.443. The Labute approximate surface area is 121 Å². The van der Waals surface area contributed by atoms with Gasteiger partial charge in [-0.3, -0.25) is 0 Å². The van der Waals surface area contributed by atoms with Gasteiger partial charge < -0.3 is 20.5 Å². The molecule has 3 N–H and O–H groups in total. The number of likely N-dealkylation sites (tertiary alicyclic amines) is 1. The molecule has 1 heterocycles. The van der Waals surface area contributed by atoms with E-state index in [9.17, 15) is 5.11 Å². The Morgan fingerprint density at radius 3 is 3.10 bits per heavy atom. The summed E-state index contributed by atoms with van der Waals surface area (Å²) in [6.07, 6.45) is 2.09. The van der Waals surface area contributed by atoms with Crippen LogP contribution in [0.15, 0.2) is 24.3 Å². The number of piperidine rings is 1. The fourth-order valence-corrected chi connectivity index (χ4v) is 2.76. The van der Waals surface area contributed by atoms with Gasteiger partial charge in [-0.1, -0.05) is 19.1 Å². The third-order valence-electron chi connectivity index (χ3n) is 3.79. The number of benzene rings is 1. The van der Waals surface area contributed by atoms with Crippen LogP contribution in [-0.4, -0.2) is 42.4 Å². The van der Waals surface area contributed by atoms with E-state index in [1.165, 1.54) is 12.8 Å². The van der Waals surface area contributed by atoms with E-state index < -0.39 is 6.10 Å². The quantitative estimate of drug-likeness (QED) is 0.830. The number of rotatable bonds is 6. The smallest absolute Gasteiger partial charge is 0.119 e. The molecule has 2 atom stereocenters. The van der Waals surface area contributed by atoms with E-state index in [0.29, 0.717) is 19.7 Å². The van der Waals surface area contributed by atoms with Crippen molar-refractivity contribution in [3.05, 3.63) is 29.8 Å². The molecule has 4 heteroatoms. The SMILES string of the molecule is CC1CCCN(CC(O)COc2cccc(CN)c2)C1. The van der Waals surface area contributed by atoms with E-state index in [0.717, 1.165) is 30.3 Å². The molecular weight excluding hydrogens is 252 g/mol. The summed E-state index contributed by atoms with van der Waals surface area (Å²) in [5.74, 6) is 1.51. The van der Waals surface area contributed by atoms with Gasteiger partial charge in [-0.2, -0.15) is 0 Å². The van der Waals surface area contributed by atoms with E-state index in [2.05, 4.69) is 11.8 Å². The summed E-state index contributed by atoms with van der Waals surface area (Å²) in [6, 6.07) is 7.72. The first-order valence-electron chi connectivity index (χ1n) is 7.49. The fraction of sp³-hybridized carbons (Fsp3) is 0.625. The molecule has 0 saturated carbocycles. The van der Waals surface area contributed by atoms with Gasteiger partial charge in [-0.25, -0.2) is 0 Å². The van der Waals surface area contributed by atoms with Crippen molar-refractivity contribution >= 4 is 0 Å². The molecule has 1 aliphatic rings. The van der Waals surface area contributed by atoms with E-state index in [-0.39, 0.29) is 0 Å². The van der Waals surface area contributed by atoms with Gasteiger partial charge in [0.15, 0.2) is 0 Å². The Hall–Kier alpha value is -1.10. The van der Waals surface area contributed by atoms with E-state index in [4.69, 9.17) is 10.5 Å². The van der Waals surface area contributed by atoms with Crippen LogP contribution in [0, 0.1) is 5.92 Å². The second-order valence-electron chi connectivity index (χ2n) is 5.82. The lowest BCUT2D eigenvalue weighted by Crippen LogP contribution is -2.41. The first kappa shape index (κ1) is 15.3. The van der Waals surface area contributed by atoms with Crippen LogP contribution >= 0.6 is 0 Å². The molecule has 20 heavy (non-hydrogen) atoms. The highest BCUT2D eigenvalue weighted by molar-refractivity contribution is 5.28. The van der Waals surface area contributed by atoms with Crippen LogP contribution in [0.3, 0.4) is 0 Å². The number of aliphatic hydroxyl groups excluding tert-OH is 1. The molecular formula is C16H26N2O2. The number of nitrogens with zero attached hydrogens (tertiary/aromatic N) is 1. The van der Waals surface area contributed by atoms with Gasteiger partial charge in [0, 0.05) is 19.6 Å². The first-order chi connectivity index (χ1) is 9.67. The van der Waals surface area contributed by atoms with Crippen LogP contribution in [0.1, 0.15) is 25.3 Å². The number of nitrogens with two attached hydrogens (primary N) is 1. The summed E-state index contributed by atoms with van der Waals surface area (Å²) >= 11 is 0. The maximum Gasteiger partial charge on any atom is 0.119 e. The Balaban J connectivity index is 1.75. The summed E-state index contributed by atoms with van der Waals surface area (Å²) in [7, 11) is 0. The van der Waals surface area contributed by atoms with Crippen LogP contribution in [0.25, 0.3) is 0 Å². The molecule has 0 bridgehead atoms. The van der Waals surface area contributed by atoms with Gasteiger partial charge in [0.1, 0.15) is 18.5 Å². The van der Waals surface area contributed by atoms with Crippen molar-refractivity contribution in [3.8, 4) is 5.75 Å². The summed E-state index contributed by atoms with van der Waals surface area (Å²) in [5, 5.41) is 10.1. The highest BCUT2D eigenvalue weighted by atomic mass is 16.5. The number of ether oxygens (including phenoxy) is 1. The number of β-amino-alcohol motifs (C(OH)–C–C–N with tert-alkyl or cyclic N) is 1. The van der Waals surface area contributed by atoms with E-state index in [1.54, 1.807) is 0 Å².